The van der Waals surface area contributed by atoms with Gasteiger partial charge in [0.2, 0.25) is 0 Å². The number of methoxy groups -OCH3 is 1. The molecule has 0 heterocycles. The first-order chi connectivity index (χ1) is 9.97. The third-order valence-corrected chi connectivity index (χ3v) is 4.03. The molecule has 0 amide bonds. The zero-order chi connectivity index (χ0) is 16.5. The maximum absolute atomic E-state index is 12.7. The maximum Gasteiger partial charge on any atom is 0.310 e. The predicted octanol–water partition coefficient (Wildman–Crippen LogP) is 6.52. The van der Waals surface area contributed by atoms with Crippen LogP contribution in [0.3, 0.4) is 0 Å². The highest BCUT2D eigenvalue weighted by Crippen LogP contribution is 3.02. The second-order valence-electron chi connectivity index (χ2n) is 4.65. The largest absolute Gasteiger partial charge is 0.497 e. The van der Waals surface area contributed by atoms with E-state index >= 15 is 0 Å². The Balaban J connectivity index is 2.29. The maximum atomic E-state index is 12.7. The second-order valence-corrected chi connectivity index (χ2v) is 7.06. The van der Waals surface area contributed by atoms with Crippen LogP contribution in [0.4, 0.5) is 19.4 Å². The Morgan fingerprint density at radius 3 is 1.95 bits per heavy atom. The first-order valence-electron chi connectivity index (χ1n) is 6.14. The second kappa shape index (κ2) is 4.74. The summed E-state index contributed by atoms with van der Waals surface area (Å²) in [6.07, 6.45) is 2.87. The molecule has 0 spiro atoms. The van der Waals surface area contributed by atoms with Crippen molar-refractivity contribution >= 4 is 22.4 Å². The van der Waals surface area contributed by atoms with Crippen molar-refractivity contribution in [2.45, 2.75) is 4.90 Å². The highest BCUT2D eigenvalue weighted by Gasteiger charge is 2.65. The van der Waals surface area contributed by atoms with Gasteiger partial charge < -0.3 is 4.74 Å². The van der Waals surface area contributed by atoms with Gasteiger partial charge in [-0.05, 0) is 35.4 Å². The van der Waals surface area contributed by atoms with Crippen LogP contribution in [0.25, 0.3) is 12.2 Å². The molecule has 0 unspecified atom stereocenters. The minimum Gasteiger partial charge on any atom is -0.497 e. The van der Waals surface area contributed by atoms with Gasteiger partial charge in [0, 0.05) is 0 Å². The molecule has 1 nitrogen and oxygen atoms in total. The van der Waals surface area contributed by atoms with Crippen molar-refractivity contribution in [1.82, 2.24) is 0 Å². The molecule has 2 aromatic carbocycles. The van der Waals surface area contributed by atoms with E-state index in [1.54, 1.807) is 24.3 Å². The van der Waals surface area contributed by atoms with Crippen LogP contribution in [0.2, 0.25) is 0 Å². The molecule has 0 radical (unpaired) electrons. The van der Waals surface area contributed by atoms with Gasteiger partial charge >= 0.3 is 10.2 Å². The smallest absolute Gasteiger partial charge is 0.310 e. The SMILES string of the molecule is COc1ccc(/C=C/c2cccc(S(F)(F)(F)(F)F)c2)cc1. The fourth-order valence-electron chi connectivity index (χ4n) is 1.77. The molecule has 0 saturated heterocycles. The summed E-state index contributed by atoms with van der Waals surface area (Å²) in [5.74, 6) is 0.639. The van der Waals surface area contributed by atoms with Gasteiger partial charge in [0.05, 0.1) is 7.11 Å². The summed E-state index contributed by atoms with van der Waals surface area (Å²) < 4.78 is 68.7. The highest BCUT2D eigenvalue weighted by atomic mass is 32.5. The highest BCUT2D eigenvalue weighted by molar-refractivity contribution is 8.45. The summed E-state index contributed by atoms with van der Waals surface area (Å²) >= 11 is 0. The van der Waals surface area contributed by atoms with E-state index in [1.165, 1.54) is 25.3 Å². The van der Waals surface area contributed by atoms with Crippen LogP contribution < -0.4 is 4.74 Å². The van der Waals surface area contributed by atoms with Crippen LogP contribution in [-0.2, 0) is 0 Å². The summed E-state index contributed by atoms with van der Waals surface area (Å²) in [5.41, 5.74) is 0.750. The minimum atomic E-state index is -9.64. The van der Waals surface area contributed by atoms with Crippen LogP contribution >= 0.6 is 10.2 Å². The van der Waals surface area contributed by atoms with Gasteiger partial charge in [-0.1, -0.05) is 55.8 Å². The van der Waals surface area contributed by atoms with Crippen molar-refractivity contribution in [3.63, 3.8) is 0 Å². The summed E-state index contributed by atoms with van der Waals surface area (Å²) in [5, 5.41) is 0. The van der Waals surface area contributed by atoms with Gasteiger partial charge in [-0.15, -0.1) is 0 Å². The number of hydrogen-bond donors (Lipinski definition) is 0. The molecule has 0 atom stereocenters. The van der Waals surface area contributed by atoms with Crippen LogP contribution in [-0.4, -0.2) is 7.11 Å². The average Bonchev–Trinajstić information content (AvgIpc) is 2.44. The van der Waals surface area contributed by atoms with Gasteiger partial charge in [-0.25, -0.2) is 0 Å². The minimum absolute atomic E-state index is 0.0431. The Morgan fingerprint density at radius 1 is 0.818 bits per heavy atom. The van der Waals surface area contributed by atoms with E-state index in [4.69, 9.17) is 4.74 Å². The fraction of sp³-hybridized carbons (Fsp3) is 0.0667. The Bertz CT molecular complexity index is 705. The summed E-state index contributed by atoms with van der Waals surface area (Å²) in [4.78, 5) is -1.89. The van der Waals surface area contributed by atoms with E-state index in [2.05, 4.69) is 0 Å². The van der Waals surface area contributed by atoms with Crippen molar-refractivity contribution in [2.24, 2.45) is 0 Å². The number of benzene rings is 2. The zero-order valence-electron chi connectivity index (χ0n) is 11.5. The number of halogens is 5. The van der Waals surface area contributed by atoms with Gasteiger partial charge in [-0.3, -0.25) is 0 Å². The van der Waals surface area contributed by atoms with E-state index in [-0.39, 0.29) is 5.56 Å². The molecule has 22 heavy (non-hydrogen) atoms. The first kappa shape index (κ1) is 16.4. The van der Waals surface area contributed by atoms with Crippen molar-refractivity contribution in [1.29, 1.82) is 0 Å². The first-order valence-corrected chi connectivity index (χ1v) is 8.09. The third-order valence-electron chi connectivity index (χ3n) is 2.89. The lowest BCUT2D eigenvalue weighted by molar-refractivity contribution is 0.364. The van der Waals surface area contributed by atoms with E-state index < -0.39 is 15.1 Å². The molecule has 0 aromatic heterocycles. The van der Waals surface area contributed by atoms with Crippen LogP contribution in [0.15, 0.2) is 53.4 Å². The van der Waals surface area contributed by atoms with E-state index in [1.807, 2.05) is 0 Å². The summed E-state index contributed by atoms with van der Waals surface area (Å²) in [6.45, 7) is 0. The molecule has 0 aliphatic heterocycles. The molecule has 120 valence electrons. The lowest BCUT2D eigenvalue weighted by Gasteiger charge is -2.40. The zero-order valence-corrected chi connectivity index (χ0v) is 12.3. The fourth-order valence-corrected chi connectivity index (χ4v) is 2.46. The van der Waals surface area contributed by atoms with Crippen molar-refractivity contribution in [3.8, 4) is 5.75 Å². The molecule has 2 rings (SSSR count). The lowest BCUT2D eigenvalue weighted by atomic mass is 10.1. The van der Waals surface area contributed by atoms with Gasteiger partial charge in [0.1, 0.15) is 10.6 Å². The molecule has 0 bridgehead atoms. The Kier molecular flexibility index (Phi) is 3.52. The molecule has 0 aliphatic carbocycles. The normalized spacial score (nSPS) is 15.4. The topological polar surface area (TPSA) is 9.23 Å². The van der Waals surface area contributed by atoms with Crippen LogP contribution in [0, 0.1) is 0 Å². The third kappa shape index (κ3) is 4.24. The van der Waals surface area contributed by atoms with E-state index in [9.17, 15) is 19.4 Å². The predicted molar refractivity (Wildman–Crippen MR) is 79.8 cm³/mol. The lowest BCUT2D eigenvalue weighted by Crippen LogP contribution is -2.05. The molecule has 0 N–H and O–H groups in total. The van der Waals surface area contributed by atoms with Gasteiger partial charge in [0.15, 0.2) is 0 Å². The monoisotopic (exact) mass is 336 g/mol. The van der Waals surface area contributed by atoms with Crippen molar-refractivity contribution in [3.05, 3.63) is 59.7 Å². The molecule has 7 heteroatoms. The van der Waals surface area contributed by atoms with Crippen molar-refractivity contribution < 1.29 is 24.2 Å². The van der Waals surface area contributed by atoms with Gasteiger partial charge in [-0.2, -0.15) is 0 Å². The van der Waals surface area contributed by atoms with Gasteiger partial charge in [0.25, 0.3) is 0 Å². The standard InChI is InChI=1S/C15H13F5OS/c1-21-14-9-7-12(8-10-14)5-6-13-3-2-4-15(11-13)22(16,17,18,19)20/h2-11H,1H3/b6-5+. The quantitative estimate of drug-likeness (QED) is 0.456. The Morgan fingerprint density at radius 2 is 1.41 bits per heavy atom. The number of hydrogen-bond acceptors (Lipinski definition) is 1. The molecule has 0 aliphatic rings. The number of ether oxygens (including phenoxy) is 1. The van der Waals surface area contributed by atoms with Crippen molar-refractivity contribution in [2.75, 3.05) is 7.11 Å². The molecular formula is C15H13F5OS. The Hall–Kier alpha value is -2.02. The van der Waals surface area contributed by atoms with Crippen LogP contribution in [0.5, 0.6) is 5.75 Å². The number of rotatable bonds is 4. The molecular weight excluding hydrogens is 323 g/mol. The molecule has 0 fully saturated rings. The Labute approximate surface area is 124 Å². The molecule has 2 aromatic rings. The summed E-state index contributed by atoms with van der Waals surface area (Å²) in [7, 11) is -8.13. The summed E-state index contributed by atoms with van der Waals surface area (Å²) in [6, 6.07) is 9.88. The van der Waals surface area contributed by atoms with E-state index in [0.717, 1.165) is 6.07 Å². The van der Waals surface area contributed by atoms with E-state index in [0.29, 0.717) is 23.4 Å². The average molecular weight is 336 g/mol. The molecule has 0 saturated carbocycles. The van der Waals surface area contributed by atoms with Crippen LogP contribution in [0.1, 0.15) is 11.1 Å².